The zero-order valence-electron chi connectivity index (χ0n) is 43.2. The van der Waals surface area contributed by atoms with Crippen molar-refractivity contribution in [2.24, 2.45) is 0 Å². The molecule has 1 rings (SSSR count). The Morgan fingerprint density at radius 3 is 1.03 bits per heavy atom. The first-order valence-corrected chi connectivity index (χ1v) is 29.9. The van der Waals surface area contributed by atoms with Crippen molar-refractivity contribution in [3.8, 4) is 0 Å². The van der Waals surface area contributed by atoms with Crippen LogP contribution in [0.25, 0.3) is 0 Å². The van der Waals surface area contributed by atoms with Gasteiger partial charge in [-0.05, 0) is 12.8 Å². The molecule has 13 heteroatoms. The third kappa shape index (κ3) is 36.9. The minimum Gasteiger partial charge on any atom is -0.457 e. The topological polar surface area (TPSA) is 192 Å². The van der Waals surface area contributed by atoms with Crippen LogP contribution < -0.4 is 0 Å². The molecule has 6 N–H and O–H groups in total. The summed E-state index contributed by atoms with van der Waals surface area (Å²) in [6, 6.07) is 0. The Labute approximate surface area is 410 Å². The molecule has 1 aliphatic carbocycles. The molecule has 0 amide bonds. The fourth-order valence-corrected chi connectivity index (χ4v) is 10.2. The number of phosphoric ester groups is 1. The second-order valence-corrected chi connectivity index (χ2v) is 21.6. The Kier molecular flexibility index (Phi) is 43.4. The predicted octanol–water partition coefficient (Wildman–Crippen LogP) is 13.3. The van der Waals surface area contributed by atoms with E-state index in [1.165, 1.54) is 212 Å². The summed E-state index contributed by atoms with van der Waals surface area (Å²) < 4.78 is 34.4. The minimum atomic E-state index is -5.02. The average molecular weight is 979 g/mol. The molecule has 67 heavy (non-hydrogen) atoms. The van der Waals surface area contributed by atoms with Gasteiger partial charge >= 0.3 is 13.8 Å². The van der Waals surface area contributed by atoms with Crippen molar-refractivity contribution in [2.75, 3.05) is 19.8 Å². The van der Waals surface area contributed by atoms with Crippen LogP contribution >= 0.6 is 7.82 Å². The lowest BCUT2D eigenvalue weighted by atomic mass is 9.85. The van der Waals surface area contributed by atoms with E-state index in [1.54, 1.807) is 0 Å². The van der Waals surface area contributed by atoms with Crippen LogP contribution in [0.15, 0.2) is 0 Å². The third-order valence-electron chi connectivity index (χ3n) is 13.7. The van der Waals surface area contributed by atoms with Crippen molar-refractivity contribution < 1.29 is 58.3 Å². The van der Waals surface area contributed by atoms with Crippen molar-refractivity contribution in [3.05, 3.63) is 0 Å². The maximum absolute atomic E-state index is 12.9. The standard InChI is InChI=1S/C54H107O12P/c1-3-5-7-9-11-13-15-17-19-21-23-24-25-26-27-29-31-33-35-37-39-41-43-48(55)65-47(46-64-67(61,62)66-54-52(59)50(57)49(56)51(58)53(54)60)45-63-44-42-40-38-36-34-32-30-28-22-20-18-16-14-12-10-8-6-4-2/h47,49-54,56-60H,3-46H2,1-2H3,(H,61,62). The number of rotatable bonds is 50. The zero-order chi connectivity index (χ0) is 49.1. The van der Waals surface area contributed by atoms with Gasteiger partial charge in [-0.3, -0.25) is 13.8 Å². The maximum atomic E-state index is 12.9. The van der Waals surface area contributed by atoms with Gasteiger partial charge in [0.15, 0.2) is 0 Å². The summed E-state index contributed by atoms with van der Waals surface area (Å²) in [5, 5.41) is 50.4. The van der Waals surface area contributed by atoms with Gasteiger partial charge in [0.05, 0.1) is 13.2 Å². The summed E-state index contributed by atoms with van der Waals surface area (Å²) in [5.74, 6) is -0.467. The second kappa shape index (κ2) is 45.2. The first-order chi connectivity index (χ1) is 32.5. The molecule has 0 saturated heterocycles. The van der Waals surface area contributed by atoms with Crippen LogP contribution in [0.3, 0.4) is 0 Å². The van der Waals surface area contributed by atoms with Crippen LogP contribution in [0.4, 0.5) is 0 Å². The van der Waals surface area contributed by atoms with Crippen molar-refractivity contribution in [1.82, 2.24) is 0 Å². The fraction of sp³-hybridized carbons (Fsp3) is 0.981. The number of hydrogen-bond donors (Lipinski definition) is 6. The van der Waals surface area contributed by atoms with Crippen molar-refractivity contribution >= 4 is 13.8 Å². The molecule has 1 aliphatic rings. The molecule has 6 unspecified atom stereocenters. The van der Waals surface area contributed by atoms with Gasteiger partial charge in [0.25, 0.3) is 0 Å². The highest BCUT2D eigenvalue weighted by atomic mass is 31.2. The number of aliphatic hydroxyl groups is 5. The number of hydrogen-bond acceptors (Lipinski definition) is 11. The normalized spacial score (nSPS) is 21.1. The number of esters is 1. The Morgan fingerprint density at radius 1 is 0.418 bits per heavy atom. The van der Waals surface area contributed by atoms with E-state index in [1.807, 2.05) is 0 Å². The van der Waals surface area contributed by atoms with Crippen molar-refractivity contribution in [2.45, 2.75) is 320 Å². The Morgan fingerprint density at radius 2 is 0.701 bits per heavy atom. The van der Waals surface area contributed by atoms with Gasteiger partial charge in [-0.25, -0.2) is 4.57 Å². The van der Waals surface area contributed by atoms with Gasteiger partial charge in [0.2, 0.25) is 0 Å². The van der Waals surface area contributed by atoms with E-state index in [0.29, 0.717) is 13.0 Å². The largest absolute Gasteiger partial charge is 0.472 e. The molecule has 0 radical (unpaired) electrons. The van der Waals surface area contributed by atoms with Crippen LogP contribution in [0.5, 0.6) is 0 Å². The molecule has 0 heterocycles. The second-order valence-electron chi connectivity index (χ2n) is 20.2. The summed E-state index contributed by atoms with van der Waals surface area (Å²) in [6.07, 6.45) is 38.9. The van der Waals surface area contributed by atoms with Gasteiger partial charge in [0, 0.05) is 13.0 Å². The lowest BCUT2D eigenvalue weighted by Gasteiger charge is -2.41. The minimum absolute atomic E-state index is 0.0671. The molecule has 0 aliphatic heterocycles. The van der Waals surface area contributed by atoms with Gasteiger partial charge in [-0.15, -0.1) is 0 Å². The molecule has 400 valence electrons. The molecular weight excluding hydrogens is 872 g/mol. The number of phosphoric acid groups is 1. The number of carbonyl (C=O) groups excluding carboxylic acids is 1. The van der Waals surface area contributed by atoms with Crippen LogP contribution in [0, 0.1) is 0 Å². The molecule has 1 fully saturated rings. The Balaban J connectivity index is 2.27. The van der Waals surface area contributed by atoms with E-state index in [0.717, 1.165) is 38.5 Å². The van der Waals surface area contributed by atoms with Gasteiger partial charge in [-0.2, -0.15) is 0 Å². The van der Waals surface area contributed by atoms with E-state index in [-0.39, 0.29) is 13.0 Å². The molecule has 0 bridgehead atoms. The highest BCUT2D eigenvalue weighted by Crippen LogP contribution is 2.47. The molecule has 0 spiro atoms. The molecule has 0 aromatic heterocycles. The summed E-state index contributed by atoms with van der Waals surface area (Å²) in [7, 11) is -5.02. The first-order valence-electron chi connectivity index (χ1n) is 28.4. The van der Waals surface area contributed by atoms with E-state index < -0.39 is 63.1 Å². The molecule has 0 aromatic carbocycles. The van der Waals surface area contributed by atoms with Crippen LogP contribution in [-0.4, -0.2) is 98.9 Å². The van der Waals surface area contributed by atoms with E-state index in [9.17, 15) is 39.8 Å². The highest BCUT2D eigenvalue weighted by Gasteiger charge is 2.51. The average Bonchev–Trinajstić information content (AvgIpc) is 3.31. The maximum Gasteiger partial charge on any atom is 0.472 e. The van der Waals surface area contributed by atoms with E-state index in [4.69, 9.17) is 18.5 Å². The quantitative estimate of drug-likeness (QED) is 0.0192. The van der Waals surface area contributed by atoms with Crippen LogP contribution in [0.1, 0.15) is 277 Å². The Hall–Kier alpha value is -0.660. The van der Waals surface area contributed by atoms with Crippen LogP contribution in [-0.2, 0) is 27.9 Å². The SMILES string of the molecule is CCCCCCCCCCCCCCCCCCCCCCCCC(=O)OC(COCCCCCCCCCCCCCCCCCCCC)COP(=O)(O)OC1C(O)C(O)C(O)C(O)C1O. The Bertz CT molecular complexity index is 1120. The summed E-state index contributed by atoms with van der Waals surface area (Å²) in [4.78, 5) is 23.3. The van der Waals surface area contributed by atoms with Crippen molar-refractivity contribution in [3.63, 3.8) is 0 Å². The third-order valence-corrected chi connectivity index (χ3v) is 14.7. The lowest BCUT2D eigenvalue weighted by Crippen LogP contribution is -2.64. The monoisotopic (exact) mass is 979 g/mol. The summed E-state index contributed by atoms with van der Waals surface area (Å²) >= 11 is 0. The summed E-state index contributed by atoms with van der Waals surface area (Å²) in [6.45, 7) is 4.34. The van der Waals surface area contributed by atoms with Crippen molar-refractivity contribution in [1.29, 1.82) is 0 Å². The number of aliphatic hydroxyl groups excluding tert-OH is 5. The smallest absolute Gasteiger partial charge is 0.457 e. The molecule has 6 atom stereocenters. The van der Waals surface area contributed by atoms with E-state index >= 15 is 0 Å². The molecular formula is C54H107O12P. The highest BCUT2D eigenvalue weighted by molar-refractivity contribution is 7.47. The zero-order valence-corrected chi connectivity index (χ0v) is 44.1. The number of ether oxygens (including phenoxy) is 2. The number of unbranched alkanes of at least 4 members (excludes halogenated alkanes) is 38. The molecule has 12 nitrogen and oxygen atoms in total. The molecule has 1 saturated carbocycles. The first kappa shape index (κ1) is 64.4. The van der Waals surface area contributed by atoms with Gasteiger partial charge in [0.1, 0.15) is 42.7 Å². The fourth-order valence-electron chi connectivity index (χ4n) is 9.24. The van der Waals surface area contributed by atoms with Gasteiger partial charge < -0.3 is 39.9 Å². The molecule has 0 aromatic rings. The van der Waals surface area contributed by atoms with Gasteiger partial charge in [-0.1, -0.05) is 258 Å². The number of carbonyl (C=O) groups is 1. The lowest BCUT2D eigenvalue weighted by molar-refractivity contribution is -0.220. The van der Waals surface area contributed by atoms with E-state index in [2.05, 4.69) is 13.8 Å². The summed E-state index contributed by atoms with van der Waals surface area (Å²) in [5.41, 5.74) is 0. The van der Waals surface area contributed by atoms with Crippen LogP contribution in [0.2, 0.25) is 0 Å². The predicted molar refractivity (Wildman–Crippen MR) is 272 cm³/mol.